The maximum absolute atomic E-state index is 12.3. The number of Topliss-reactive ketones (excluding diaryl/α,β-unsaturated/α-hetero) is 1. The predicted octanol–water partition coefficient (Wildman–Crippen LogP) is 0.562. The highest BCUT2D eigenvalue weighted by Gasteiger charge is 2.59. The summed E-state index contributed by atoms with van der Waals surface area (Å²) in [5, 5.41) is 2.52. The van der Waals surface area contributed by atoms with Gasteiger partial charge in [-0.1, -0.05) is 0 Å². The Morgan fingerprint density at radius 3 is 2.45 bits per heavy atom. The van der Waals surface area contributed by atoms with Crippen molar-refractivity contribution in [1.29, 1.82) is 0 Å². The van der Waals surface area contributed by atoms with Crippen LogP contribution in [0.15, 0.2) is 0 Å². The molecule has 116 valence electrons. The first-order valence-electron chi connectivity index (χ1n) is 6.70. The van der Waals surface area contributed by atoms with Crippen LogP contribution >= 0.6 is 0 Å². The zero-order chi connectivity index (χ0) is 15.2. The molecule has 0 aliphatic heterocycles. The Morgan fingerprint density at radius 1 is 1.30 bits per heavy atom. The van der Waals surface area contributed by atoms with E-state index < -0.39 is 17.4 Å². The summed E-state index contributed by atoms with van der Waals surface area (Å²) in [5.41, 5.74) is 4.18. The molecule has 1 rings (SSSR count). The molecule has 0 aromatic rings. The number of amides is 2. The number of urea groups is 1. The van der Waals surface area contributed by atoms with Crippen LogP contribution < -0.4 is 11.1 Å². The normalized spacial score (nSPS) is 25.4. The average Bonchev–Trinajstić information content (AvgIpc) is 2.44. The van der Waals surface area contributed by atoms with Crippen molar-refractivity contribution in [3.8, 4) is 0 Å². The summed E-state index contributed by atoms with van der Waals surface area (Å²) in [6.07, 6.45) is 2.93. The molecule has 0 aromatic carbocycles. The molecule has 1 unspecified atom stereocenters. The molecular formula is C13H24N2O5. The highest BCUT2D eigenvalue weighted by Crippen LogP contribution is 2.43. The number of methoxy groups -OCH3 is 3. The molecule has 0 radical (unpaired) electrons. The van der Waals surface area contributed by atoms with Gasteiger partial charge in [0.15, 0.2) is 5.78 Å². The Hall–Kier alpha value is -1.18. The van der Waals surface area contributed by atoms with Gasteiger partial charge in [0.2, 0.25) is 0 Å². The third-order valence-corrected chi connectivity index (χ3v) is 3.97. The van der Waals surface area contributed by atoms with Crippen molar-refractivity contribution in [3.63, 3.8) is 0 Å². The average molecular weight is 288 g/mol. The number of rotatable bonds is 7. The minimum Gasteiger partial charge on any atom is -0.372 e. The van der Waals surface area contributed by atoms with Gasteiger partial charge in [-0.05, 0) is 25.7 Å². The first-order valence-corrected chi connectivity index (χ1v) is 6.70. The minimum atomic E-state index is -1.38. The highest BCUT2D eigenvalue weighted by molar-refractivity contribution is 5.88. The molecule has 0 saturated heterocycles. The van der Waals surface area contributed by atoms with Gasteiger partial charge in [0.1, 0.15) is 5.60 Å². The van der Waals surface area contributed by atoms with E-state index in [4.69, 9.17) is 19.9 Å². The van der Waals surface area contributed by atoms with Crippen molar-refractivity contribution in [2.75, 3.05) is 27.9 Å². The van der Waals surface area contributed by atoms with Gasteiger partial charge in [-0.15, -0.1) is 0 Å². The van der Waals surface area contributed by atoms with Crippen LogP contribution in [0.5, 0.6) is 0 Å². The number of primary amides is 1. The second kappa shape index (κ2) is 7.01. The number of hydrogen-bond acceptors (Lipinski definition) is 5. The second-order valence-electron chi connectivity index (χ2n) is 4.89. The zero-order valence-electron chi connectivity index (χ0n) is 12.4. The fourth-order valence-corrected chi connectivity index (χ4v) is 3.01. The van der Waals surface area contributed by atoms with Crippen LogP contribution in [-0.2, 0) is 19.0 Å². The molecule has 1 saturated carbocycles. The summed E-state index contributed by atoms with van der Waals surface area (Å²) in [7, 11) is 4.44. The summed E-state index contributed by atoms with van der Waals surface area (Å²) >= 11 is 0. The summed E-state index contributed by atoms with van der Waals surface area (Å²) in [6.45, 7) is 0.415. The van der Waals surface area contributed by atoms with Gasteiger partial charge in [0, 0.05) is 34.3 Å². The molecule has 0 spiro atoms. The quantitative estimate of drug-likeness (QED) is 0.527. The van der Waals surface area contributed by atoms with E-state index in [1.165, 1.54) is 14.2 Å². The minimum absolute atomic E-state index is 0.113. The van der Waals surface area contributed by atoms with Crippen molar-refractivity contribution >= 4 is 11.8 Å². The molecule has 1 aliphatic rings. The third kappa shape index (κ3) is 2.94. The summed E-state index contributed by atoms with van der Waals surface area (Å²) < 4.78 is 16.5. The molecule has 2 amide bonds. The van der Waals surface area contributed by atoms with Crippen molar-refractivity contribution < 1.29 is 23.8 Å². The monoisotopic (exact) mass is 288 g/mol. The van der Waals surface area contributed by atoms with Crippen molar-refractivity contribution in [3.05, 3.63) is 0 Å². The van der Waals surface area contributed by atoms with E-state index in [0.717, 1.165) is 6.42 Å². The topological polar surface area (TPSA) is 99.9 Å². The number of ether oxygens (including phenoxy) is 3. The van der Waals surface area contributed by atoms with Gasteiger partial charge < -0.3 is 25.3 Å². The summed E-state index contributed by atoms with van der Waals surface area (Å²) in [4.78, 5) is 22.9. The Bertz CT molecular complexity index is 357. The Kier molecular flexibility index (Phi) is 5.91. The fraction of sp³-hybridized carbons (Fsp3) is 0.846. The van der Waals surface area contributed by atoms with Crippen molar-refractivity contribution in [2.24, 2.45) is 5.73 Å². The van der Waals surface area contributed by atoms with Gasteiger partial charge >= 0.3 is 6.03 Å². The van der Waals surface area contributed by atoms with Crippen LogP contribution in [0, 0.1) is 0 Å². The molecule has 0 bridgehead atoms. The Balaban J connectivity index is 2.86. The molecule has 7 nitrogen and oxygen atoms in total. The van der Waals surface area contributed by atoms with E-state index in [-0.39, 0.29) is 5.78 Å². The third-order valence-electron chi connectivity index (χ3n) is 3.97. The summed E-state index contributed by atoms with van der Waals surface area (Å²) in [6, 6.07) is -0.569. The maximum atomic E-state index is 12.3. The number of hydrogen-bond donors (Lipinski definition) is 2. The predicted molar refractivity (Wildman–Crippen MR) is 72.2 cm³/mol. The van der Waals surface area contributed by atoms with E-state index in [2.05, 4.69) is 5.32 Å². The summed E-state index contributed by atoms with van der Waals surface area (Å²) in [5.74, 6) is -1.49. The Labute approximate surface area is 119 Å². The molecular weight excluding hydrogens is 264 g/mol. The SMILES string of the molecule is COC1(CCCNC(N)=O)CCCC(=O)C1(OC)OC. The number of carbonyl (C=O) groups is 2. The molecule has 3 N–H and O–H groups in total. The molecule has 0 aromatic heterocycles. The van der Waals surface area contributed by atoms with Crippen molar-refractivity contribution in [1.82, 2.24) is 5.32 Å². The van der Waals surface area contributed by atoms with Crippen LogP contribution in [0.1, 0.15) is 32.1 Å². The lowest BCUT2D eigenvalue weighted by Crippen LogP contribution is -2.65. The first kappa shape index (κ1) is 16.9. The van der Waals surface area contributed by atoms with E-state index >= 15 is 0 Å². The van der Waals surface area contributed by atoms with Crippen LogP contribution in [-0.4, -0.2) is 51.1 Å². The lowest BCUT2D eigenvalue weighted by Gasteiger charge is -2.49. The van der Waals surface area contributed by atoms with Crippen LogP contribution in [0.3, 0.4) is 0 Å². The van der Waals surface area contributed by atoms with E-state index in [1.54, 1.807) is 7.11 Å². The lowest BCUT2D eigenvalue weighted by molar-refractivity contribution is -0.299. The van der Waals surface area contributed by atoms with Gasteiger partial charge in [-0.3, -0.25) is 4.79 Å². The number of ketones is 1. The van der Waals surface area contributed by atoms with Gasteiger partial charge in [-0.25, -0.2) is 4.79 Å². The fourth-order valence-electron chi connectivity index (χ4n) is 3.01. The molecule has 1 aliphatic carbocycles. The van der Waals surface area contributed by atoms with Gasteiger partial charge in [0.25, 0.3) is 5.79 Å². The van der Waals surface area contributed by atoms with E-state index in [1.807, 2.05) is 0 Å². The lowest BCUT2D eigenvalue weighted by atomic mass is 9.75. The van der Waals surface area contributed by atoms with Crippen molar-refractivity contribution in [2.45, 2.75) is 43.5 Å². The smallest absolute Gasteiger partial charge is 0.312 e. The molecule has 0 heterocycles. The number of nitrogens with two attached hydrogens (primary N) is 1. The Morgan fingerprint density at radius 2 is 1.95 bits per heavy atom. The maximum Gasteiger partial charge on any atom is 0.312 e. The number of nitrogens with one attached hydrogen (secondary N) is 1. The van der Waals surface area contributed by atoms with E-state index in [0.29, 0.717) is 32.2 Å². The van der Waals surface area contributed by atoms with Gasteiger partial charge in [-0.2, -0.15) is 0 Å². The molecule has 7 heteroatoms. The van der Waals surface area contributed by atoms with E-state index in [9.17, 15) is 9.59 Å². The first-order chi connectivity index (χ1) is 9.48. The second-order valence-corrected chi connectivity index (χ2v) is 4.89. The van der Waals surface area contributed by atoms with Crippen LogP contribution in [0.25, 0.3) is 0 Å². The van der Waals surface area contributed by atoms with Gasteiger partial charge in [0.05, 0.1) is 0 Å². The molecule has 1 atom stereocenters. The molecule has 20 heavy (non-hydrogen) atoms. The largest absolute Gasteiger partial charge is 0.372 e. The number of carbonyl (C=O) groups excluding carboxylic acids is 2. The molecule has 1 fully saturated rings. The van der Waals surface area contributed by atoms with Crippen LogP contribution in [0.4, 0.5) is 4.79 Å². The van der Waals surface area contributed by atoms with Crippen LogP contribution in [0.2, 0.25) is 0 Å². The highest BCUT2D eigenvalue weighted by atomic mass is 16.7. The zero-order valence-corrected chi connectivity index (χ0v) is 12.4. The standard InChI is InChI=1S/C13H24N2O5/c1-18-12(8-5-9-15-11(14)17)7-4-6-10(16)13(12,19-2)20-3/h4-9H2,1-3H3,(H3,14,15,17).